The summed E-state index contributed by atoms with van der Waals surface area (Å²) in [5.41, 5.74) is 4.16. The summed E-state index contributed by atoms with van der Waals surface area (Å²) >= 11 is 13.4. The van der Waals surface area contributed by atoms with E-state index in [-0.39, 0.29) is 0 Å². The minimum atomic E-state index is -1.05. The smallest absolute Gasteiger partial charge is 0.168 e. The van der Waals surface area contributed by atoms with E-state index in [0.29, 0.717) is 0 Å². The number of alkyl halides is 2. The van der Waals surface area contributed by atoms with Gasteiger partial charge in [0.2, 0.25) is 0 Å². The first-order valence-corrected chi connectivity index (χ1v) is 9.82. The molecule has 0 amide bonds. The number of hydrogen-bond acceptors (Lipinski definition) is 2. The molecule has 0 aromatic heterocycles. The zero-order chi connectivity index (χ0) is 18.4. The molecule has 0 bridgehead atoms. The third kappa shape index (κ3) is 4.43. The van der Waals surface area contributed by atoms with Crippen LogP contribution >= 0.6 is 23.2 Å². The lowest BCUT2D eigenvalue weighted by molar-refractivity contribution is 0.863. The molecule has 136 valence electrons. The van der Waals surface area contributed by atoms with Gasteiger partial charge in [-0.15, -0.1) is 0 Å². The van der Waals surface area contributed by atoms with Crippen molar-refractivity contribution in [3.63, 3.8) is 0 Å². The summed E-state index contributed by atoms with van der Waals surface area (Å²) in [6.45, 7) is 12.5. The third-order valence-electron chi connectivity index (χ3n) is 4.72. The number of nitrogens with zero attached hydrogens (tertiary/aromatic N) is 2. The maximum absolute atomic E-state index is 6.72. The van der Waals surface area contributed by atoms with Gasteiger partial charge in [-0.05, 0) is 63.1 Å². The normalized spacial score (nSPS) is 11.4. The fourth-order valence-electron chi connectivity index (χ4n) is 3.11. The molecule has 0 fully saturated rings. The highest BCUT2D eigenvalue weighted by molar-refractivity contribution is 6.50. The Bertz CT molecular complexity index is 585. The van der Waals surface area contributed by atoms with E-state index in [9.17, 15) is 0 Å². The first kappa shape index (κ1) is 19.9. The number of anilines is 2. The first-order chi connectivity index (χ1) is 12.0. The molecule has 0 spiro atoms. The van der Waals surface area contributed by atoms with E-state index in [1.54, 1.807) is 0 Å². The van der Waals surface area contributed by atoms with Crippen molar-refractivity contribution in [1.82, 2.24) is 0 Å². The molecule has 0 heterocycles. The number of halogens is 2. The Morgan fingerprint density at radius 1 is 0.600 bits per heavy atom. The minimum absolute atomic E-state index is 0.891. The summed E-state index contributed by atoms with van der Waals surface area (Å²) in [7, 11) is 0. The number of hydrogen-bond donors (Lipinski definition) is 0. The summed E-state index contributed by atoms with van der Waals surface area (Å²) in [6.07, 6.45) is 0. The lowest BCUT2D eigenvalue weighted by atomic mass is 10.0. The predicted octanol–water partition coefficient (Wildman–Crippen LogP) is 6.06. The van der Waals surface area contributed by atoms with E-state index in [0.717, 1.165) is 37.3 Å². The molecule has 2 rings (SSSR count). The van der Waals surface area contributed by atoms with E-state index in [1.807, 2.05) is 24.3 Å². The largest absolute Gasteiger partial charge is 0.372 e. The van der Waals surface area contributed by atoms with Gasteiger partial charge in [-0.2, -0.15) is 0 Å². The molecular formula is C21H28Cl2N2. The monoisotopic (exact) mass is 378 g/mol. The summed E-state index contributed by atoms with van der Waals surface area (Å²) in [5.74, 6) is 0. The van der Waals surface area contributed by atoms with Gasteiger partial charge in [0.15, 0.2) is 4.33 Å². The average molecular weight is 379 g/mol. The molecule has 2 aromatic carbocycles. The molecule has 0 aliphatic rings. The summed E-state index contributed by atoms with van der Waals surface area (Å²) in [5, 5.41) is 0. The van der Waals surface area contributed by atoms with Gasteiger partial charge in [0.1, 0.15) is 0 Å². The van der Waals surface area contributed by atoms with Gasteiger partial charge in [-0.3, -0.25) is 0 Å². The quantitative estimate of drug-likeness (QED) is 0.515. The van der Waals surface area contributed by atoms with E-state index < -0.39 is 4.33 Å². The number of benzene rings is 2. The highest BCUT2D eigenvalue weighted by Gasteiger charge is 2.29. The Labute approximate surface area is 162 Å². The SMILES string of the molecule is CCN(CC)c1ccc(C(Cl)(Cl)c2ccc(N(CC)CC)cc2)cc1. The van der Waals surface area contributed by atoms with E-state index in [2.05, 4.69) is 61.8 Å². The average Bonchev–Trinajstić information content (AvgIpc) is 2.65. The van der Waals surface area contributed by atoms with Crippen LogP contribution in [0.4, 0.5) is 11.4 Å². The Hall–Kier alpha value is -1.38. The second-order valence-corrected chi connectivity index (χ2v) is 7.34. The zero-order valence-corrected chi connectivity index (χ0v) is 17.1. The molecule has 2 nitrogen and oxygen atoms in total. The van der Waals surface area contributed by atoms with E-state index in [1.165, 1.54) is 11.4 Å². The van der Waals surface area contributed by atoms with Crippen molar-refractivity contribution in [3.8, 4) is 0 Å². The lowest BCUT2D eigenvalue weighted by Crippen LogP contribution is -2.22. The van der Waals surface area contributed by atoms with Crippen LogP contribution in [-0.2, 0) is 4.33 Å². The van der Waals surface area contributed by atoms with Gasteiger partial charge < -0.3 is 9.80 Å². The first-order valence-electron chi connectivity index (χ1n) is 9.06. The fraction of sp³-hybridized carbons (Fsp3) is 0.429. The lowest BCUT2D eigenvalue weighted by Gasteiger charge is -2.25. The molecule has 0 saturated heterocycles. The van der Waals surface area contributed by atoms with Crippen molar-refractivity contribution in [3.05, 3.63) is 59.7 Å². The van der Waals surface area contributed by atoms with Crippen LogP contribution < -0.4 is 9.80 Å². The van der Waals surface area contributed by atoms with Gasteiger partial charge in [-0.1, -0.05) is 47.5 Å². The van der Waals surface area contributed by atoms with Crippen molar-refractivity contribution in [2.75, 3.05) is 36.0 Å². The minimum Gasteiger partial charge on any atom is -0.372 e. The van der Waals surface area contributed by atoms with Crippen LogP contribution in [0.15, 0.2) is 48.5 Å². The molecule has 2 aromatic rings. The Kier molecular flexibility index (Phi) is 7.04. The van der Waals surface area contributed by atoms with Crippen LogP contribution in [0.1, 0.15) is 38.8 Å². The Balaban J connectivity index is 2.25. The second-order valence-electron chi connectivity index (χ2n) is 6.01. The molecule has 25 heavy (non-hydrogen) atoms. The maximum atomic E-state index is 6.72. The summed E-state index contributed by atoms with van der Waals surface area (Å²) < 4.78 is -1.05. The third-order valence-corrected chi connectivity index (χ3v) is 5.59. The molecule has 0 saturated carbocycles. The van der Waals surface area contributed by atoms with Gasteiger partial charge in [0, 0.05) is 37.6 Å². The van der Waals surface area contributed by atoms with Gasteiger partial charge in [0.25, 0.3) is 0 Å². The van der Waals surface area contributed by atoms with Crippen LogP contribution in [0.2, 0.25) is 0 Å². The maximum Gasteiger partial charge on any atom is 0.168 e. The summed E-state index contributed by atoms with van der Waals surface area (Å²) in [6, 6.07) is 16.4. The van der Waals surface area contributed by atoms with Crippen LogP contribution in [-0.4, -0.2) is 26.2 Å². The van der Waals surface area contributed by atoms with Crippen LogP contribution in [0, 0.1) is 0 Å². The highest BCUT2D eigenvalue weighted by atomic mass is 35.5. The summed E-state index contributed by atoms with van der Waals surface area (Å²) in [4.78, 5) is 4.60. The van der Waals surface area contributed by atoms with Crippen molar-refractivity contribution in [2.45, 2.75) is 32.0 Å². The van der Waals surface area contributed by atoms with Gasteiger partial charge >= 0.3 is 0 Å². The van der Waals surface area contributed by atoms with E-state index >= 15 is 0 Å². The standard InChI is InChI=1S/C21H28Cl2N2/c1-5-24(6-2)19-13-9-17(10-14-19)21(22,23)18-11-15-20(16-12-18)25(7-3)8-4/h9-16H,5-8H2,1-4H3. The van der Waals surface area contributed by atoms with Crippen molar-refractivity contribution >= 4 is 34.6 Å². The van der Waals surface area contributed by atoms with Gasteiger partial charge in [-0.25, -0.2) is 0 Å². The zero-order valence-electron chi connectivity index (χ0n) is 15.6. The van der Waals surface area contributed by atoms with E-state index in [4.69, 9.17) is 23.2 Å². The van der Waals surface area contributed by atoms with Crippen molar-refractivity contribution in [1.29, 1.82) is 0 Å². The second kappa shape index (κ2) is 8.82. The molecule has 0 unspecified atom stereocenters. The van der Waals surface area contributed by atoms with Crippen LogP contribution in [0.25, 0.3) is 0 Å². The van der Waals surface area contributed by atoms with Crippen molar-refractivity contribution < 1.29 is 0 Å². The van der Waals surface area contributed by atoms with Crippen LogP contribution in [0.5, 0.6) is 0 Å². The van der Waals surface area contributed by atoms with Crippen molar-refractivity contribution in [2.24, 2.45) is 0 Å². The molecule has 0 atom stereocenters. The van der Waals surface area contributed by atoms with Gasteiger partial charge in [0.05, 0.1) is 0 Å². The molecule has 0 N–H and O–H groups in total. The highest BCUT2D eigenvalue weighted by Crippen LogP contribution is 2.41. The molecular weight excluding hydrogens is 351 g/mol. The fourth-order valence-corrected chi connectivity index (χ4v) is 3.61. The topological polar surface area (TPSA) is 6.48 Å². The molecule has 4 heteroatoms. The Morgan fingerprint density at radius 2 is 0.880 bits per heavy atom. The van der Waals surface area contributed by atoms with Crippen LogP contribution in [0.3, 0.4) is 0 Å². The predicted molar refractivity (Wildman–Crippen MR) is 112 cm³/mol. The molecule has 0 radical (unpaired) electrons. The molecule has 0 aliphatic carbocycles. The molecule has 0 aliphatic heterocycles. The Morgan fingerprint density at radius 3 is 1.12 bits per heavy atom. The number of rotatable bonds is 8.